The summed E-state index contributed by atoms with van der Waals surface area (Å²) in [4.78, 5) is 0.347. The Morgan fingerprint density at radius 2 is 1.91 bits per heavy atom. The van der Waals surface area contributed by atoms with Crippen molar-refractivity contribution >= 4 is 26.0 Å². The number of hydrogen-bond donors (Lipinski definition) is 0. The minimum atomic E-state index is -3.49. The Morgan fingerprint density at radius 1 is 1.18 bits per heavy atom. The second-order valence-electron chi connectivity index (χ2n) is 5.69. The molecular formula is C17H18BrNO2S. The molecule has 0 saturated heterocycles. The first-order chi connectivity index (χ1) is 10.4. The second-order valence-corrected chi connectivity index (χ2v) is 8.54. The van der Waals surface area contributed by atoms with Crippen LogP contribution in [0.2, 0.25) is 0 Å². The Balaban J connectivity index is 1.98. The average molecular weight is 380 g/mol. The summed E-state index contributed by atoms with van der Waals surface area (Å²) in [5, 5.41) is 0. The fourth-order valence-electron chi connectivity index (χ4n) is 3.02. The standard InChI is InChI=1S/C17H18BrNO2S/c1-12-11-14(8-9-16(12)18)22(20,21)19(2)17-10-7-13-5-3-4-6-15(13)17/h3-6,8-9,11,17H,7,10H2,1-2H3. The van der Waals surface area contributed by atoms with E-state index < -0.39 is 10.0 Å². The molecule has 0 aliphatic heterocycles. The van der Waals surface area contributed by atoms with Crippen LogP contribution >= 0.6 is 15.9 Å². The first kappa shape index (κ1) is 15.7. The van der Waals surface area contributed by atoms with Gasteiger partial charge in [-0.3, -0.25) is 0 Å². The van der Waals surface area contributed by atoms with Gasteiger partial charge in [-0.1, -0.05) is 40.2 Å². The van der Waals surface area contributed by atoms with Crippen molar-refractivity contribution in [2.24, 2.45) is 0 Å². The summed E-state index contributed by atoms with van der Waals surface area (Å²) in [6, 6.07) is 13.2. The van der Waals surface area contributed by atoms with Gasteiger partial charge in [-0.15, -0.1) is 0 Å². The molecule has 0 aromatic heterocycles. The van der Waals surface area contributed by atoms with Gasteiger partial charge in [-0.25, -0.2) is 8.42 Å². The topological polar surface area (TPSA) is 37.4 Å². The smallest absolute Gasteiger partial charge is 0.207 e. The lowest BCUT2D eigenvalue weighted by Crippen LogP contribution is -2.30. The monoisotopic (exact) mass is 379 g/mol. The molecule has 1 unspecified atom stereocenters. The van der Waals surface area contributed by atoms with Crippen LogP contribution in [0.3, 0.4) is 0 Å². The molecule has 5 heteroatoms. The molecule has 2 aromatic carbocycles. The van der Waals surface area contributed by atoms with E-state index >= 15 is 0 Å². The summed E-state index contributed by atoms with van der Waals surface area (Å²) in [5.41, 5.74) is 3.30. The number of rotatable bonds is 3. The zero-order valence-corrected chi connectivity index (χ0v) is 15.0. The Kier molecular flexibility index (Phi) is 4.14. The van der Waals surface area contributed by atoms with Crippen LogP contribution in [0.4, 0.5) is 0 Å². The van der Waals surface area contributed by atoms with Crippen molar-refractivity contribution in [2.45, 2.75) is 30.7 Å². The van der Waals surface area contributed by atoms with E-state index in [1.54, 1.807) is 25.2 Å². The maximum atomic E-state index is 12.9. The zero-order chi connectivity index (χ0) is 15.9. The summed E-state index contributed by atoms with van der Waals surface area (Å²) in [6.45, 7) is 1.90. The van der Waals surface area contributed by atoms with E-state index in [0.29, 0.717) is 4.90 Å². The van der Waals surface area contributed by atoms with Gasteiger partial charge in [0.15, 0.2) is 0 Å². The molecule has 22 heavy (non-hydrogen) atoms. The third-order valence-electron chi connectivity index (χ3n) is 4.35. The van der Waals surface area contributed by atoms with Crippen LogP contribution in [-0.4, -0.2) is 19.8 Å². The van der Waals surface area contributed by atoms with Gasteiger partial charge in [-0.05, 0) is 54.7 Å². The summed E-state index contributed by atoms with van der Waals surface area (Å²) in [5.74, 6) is 0. The number of halogens is 1. The number of benzene rings is 2. The largest absolute Gasteiger partial charge is 0.243 e. The molecule has 1 aliphatic rings. The van der Waals surface area contributed by atoms with E-state index in [1.807, 2.05) is 25.1 Å². The van der Waals surface area contributed by atoms with Crippen LogP contribution < -0.4 is 0 Å². The quantitative estimate of drug-likeness (QED) is 0.805. The molecule has 0 radical (unpaired) electrons. The number of nitrogens with zero attached hydrogens (tertiary/aromatic N) is 1. The maximum Gasteiger partial charge on any atom is 0.243 e. The van der Waals surface area contributed by atoms with Crippen molar-refractivity contribution in [2.75, 3.05) is 7.05 Å². The average Bonchev–Trinajstić information content (AvgIpc) is 2.93. The molecule has 0 spiro atoms. The molecule has 0 bridgehead atoms. The highest BCUT2D eigenvalue weighted by molar-refractivity contribution is 9.10. The SMILES string of the molecule is Cc1cc(S(=O)(=O)N(C)C2CCc3ccccc32)ccc1Br. The van der Waals surface area contributed by atoms with Gasteiger partial charge in [0.25, 0.3) is 0 Å². The minimum absolute atomic E-state index is 0.0786. The lowest BCUT2D eigenvalue weighted by molar-refractivity contribution is 0.374. The predicted octanol–water partition coefficient (Wildman–Crippen LogP) is 4.07. The van der Waals surface area contributed by atoms with Crippen molar-refractivity contribution in [1.82, 2.24) is 4.31 Å². The van der Waals surface area contributed by atoms with E-state index in [9.17, 15) is 8.42 Å². The predicted molar refractivity (Wildman–Crippen MR) is 91.3 cm³/mol. The summed E-state index contributed by atoms with van der Waals surface area (Å²) >= 11 is 3.41. The van der Waals surface area contributed by atoms with Crippen molar-refractivity contribution < 1.29 is 8.42 Å². The third-order valence-corrected chi connectivity index (χ3v) is 7.10. The molecule has 2 aromatic rings. The molecule has 0 saturated carbocycles. The zero-order valence-electron chi connectivity index (χ0n) is 12.6. The van der Waals surface area contributed by atoms with Gasteiger partial charge in [-0.2, -0.15) is 4.31 Å². The molecule has 0 heterocycles. The van der Waals surface area contributed by atoms with Crippen molar-refractivity contribution in [3.63, 3.8) is 0 Å². The first-order valence-corrected chi connectivity index (χ1v) is 9.46. The molecule has 3 rings (SSSR count). The fourth-order valence-corrected chi connectivity index (χ4v) is 4.72. The van der Waals surface area contributed by atoms with Crippen LogP contribution in [0, 0.1) is 6.92 Å². The van der Waals surface area contributed by atoms with Gasteiger partial charge in [0.05, 0.1) is 10.9 Å². The van der Waals surface area contributed by atoms with Crippen molar-refractivity contribution in [3.05, 3.63) is 63.6 Å². The molecule has 1 atom stereocenters. The van der Waals surface area contributed by atoms with Gasteiger partial charge < -0.3 is 0 Å². The van der Waals surface area contributed by atoms with Gasteiger partial charge >= 0.3 is 0 Å². The van der Waals surface area contributed by atoms with E-state index in [-0.39, 0.29) is 6.04 Å². The Labute approximate surface area is 140 Å². The van der Waals surface area contributed by atoms with Crippen LogP contribution in [0.25, 0.3) is 0 Å². The number of fused-ring (bicyclic) bond motifs is 1. The summed E-state index contributed by atoms with van der Waals surface area (Å²) in [6.07, 6.45) is 1.77. The van der Waals surface area contributed by atoms with E-state index in [2.05, 4.69) is 22.0 Å². The Bertz CT molecular complexity index is 817. The molecule has 1 aliphatic carbocycles. The Morgan fingerprint density at radius 3 is 2.64 bits per heavy atom. The van der Waals surface area contributed by atoms with E-state index in [1.165, 1.54) is 9.87 Å². The van der Waals surface area contributed by atoms with Crippen LogP contribution in [0.1, 0.15) is 29.2 Å². The van der Waals surface area contributed by atoms with Crippen LogP contribution in [0.5, 0.6) is 0 Å². The highest BCUT2D eigenvalue weighted by atomic mass is 79.9. The highest BCUT2D eigenvalue weighted by Gasteiger charge is 2.33. The molecule has 0 N–H and O–H groups in total. The van der Waals surface area contributed by atoms with E-state index in [4.69, 9.17) is 0 Å². The second kappa shape index (κ2) is 5.80. The number of hydrogen-bond acceptors (Lipinski definition) is 2. The van der Waals surface area contributed by atoms with Crippen molar-refractivity contribution in [3.8, 4) is 0 Å². The van der Waals surface area contributed by atoms with Gasteiger partial charge in [0, 0.05) is 11.5 Å². The molecule has 116 valence electrons. The number of sulfonamides is 1. The van der Waals surface area contributed by atoms with Gasteiger partial charge in [0.1, 0.15) is 0 Å². The minimum Gasteiger partial charge on any atom is -0.207 e. The van der Waals surface area contributed by atoms with Crippen molar-refractivity contribution in [1.29, 1.82) is 0 Å². The lowest BCUT2D eigenvalue weighted by atomic mass is 10.1. The summed E-state index contributed by atoms with van der Waals surface area (Å²) in [7, 11) is -1.81. The van der Waals surface area contributed by atoms with Crippen LogP contribution in [0.15, 0.2) is 51.8 Å². The van der Waals surface area contributed by atoms with Crippen LogP contribution in [-0.2, 0) is 16.4 Å². The Hall–Kier alpha value is -1.17. The highest BCUT2D eigenvalue weighted by Crippen LogP contribution is 2.37. The number of aryl methyl sites for hydroxylation is 2. The molecule has 0 amide bonds. The van der Waals surface area contributed by atoms with Gasteiger partial charge in [0.2, 0.25) is 10.0 Å². The third kappa shape index (κ3) is 2.62. The van der Waals surface area contributed by atoms with E-state index in [0.717, 1.165) is 28.4 Å². The summed E-state index contributed by atoms with van der Waals surface area (Å²) < 4.78 is 28.2. The molecule has 0 fully saturated rings. The first-order valence-electron chi connectivity index (χ1n) is 7.23. The molecular weight excluding hydrogens is 362 g/mol. The normalized spacial score (nSPS) is 17.7. The lowest BCUT2D eigenvalue weighted by Gasteiger charge is -2.25. The fraction of sp³-hybridized carbons (Fsp3) is 0.294. The maximum absolute atomic E-state index is 12.9. The molecule has 3 nitrogen and oxygen atoms in total.